The topological polar surface area (TPSA) is 138 Å². The Morgan fingerprint density at radius 1 is 1.34 bits per heavy atom. The van der Waals surface area contributed by atoms with Crippen LogP contribution in [0.2, 0.25) is 0 Å². The molecule has 0 bridgehead atoms. The lowest BCUT2D eigenvalue weighted by atomic mass is 10.1. The summed E-state index contributed by atoms with van der Waals surface area (Å²) in [5.74, 6) is 0.158. The quantitative estimate of drug-likeness (QED) is 0.479. The van der Waals surface area contributed by atoms with Crippen molar-refractivity contribution in [1.82, 2.24) is 30.3 Å². The second kappa shape index (κ2) is 6.31. The highest BCUT2D eigenvalue weighted by atomic mass is 16.2. The molecule has 5 rings (SSSR count). The third kappa shape index (κ3) is 2.86. The number of aromatic amines is 1. The first-order valence-corrected chi connectivity index (χ1v) is 9.36. The van der Waals surface area contributed by atoms with Crippen LogP contribution in [0, 0.1) is 16.7 Å². The molecule has 144 valence electrons. The zero-order valence-electron chi connectivity index (χ0n) is 15.5. The van der Waals surface area contributed by atoms with Crippen LogP contribution in [0.1, 0.15) is 12.8 Å². The number of benzene rings is 1. The summed E-state index contributed by atoms with van der Waals surface area (Å²) in [6.45, 7) is 0.874. The van der Waals surface area contributed by atoms with Crippen molar-refractivity contribution in [2.24, 2.45) is 5.41 Å². The zero-order valence-corrected chi connectivity index (χ0v) is 15.5. The molecule has 3 aromatic heterocycles. The lowest BCUT2D eigenvalue weighted by Crippen LogP contribution is -2.33. The van der Waals surface area contributed by atoms with Crippen molar-refractivity contribution < 1.29 is 4.79 Å². The molecule has 3 heterocycles. The second-order valence-electron chi connectivity index (χ2n) is 7.29. The highest BCUT2D eigenvalue weighted by Gasteiger charge is 2.50. The van der Waals surface area contributed by atoms with E-state index in [9.17, 15) is 4.79 Å². The van der Waals surface area contributed by atoms with Gasteiger partial charge in [0.25, 0.3) is 0 Å². The number of rotatable bonds is 5. The molecule has 1 fully saturated rings. The molecule has 1 aliphatic rings. The number of hydrogen-bond acceptors (Lipinski definition) is 6. The number of carbonyl (C=O) groups is 1. The molecule has 0 spiro atoms. The second-order valence-corrected chi connectivity index (χ2v) is 7.29. The van der Waals surface area contributed by atoms with E-state index in [1.807, 2.05) is 30.5 Å². The number of pyridine rings is 1. The number of nitrogen functional groups attached to an aromatic ring is 1. The Morgan fingerprint density at radius 3 is 2.93 bits per heavy atom. The third-order valence-electron chi connectivity index (χ3n) is 5.35. The highest BCUT2D eigenvalue weighted by molar-refractivity contribution is 6.08. The van der Waals surface area contributed by atoms with Crippen molar-refractivity contribution in [3.63, 3.8) is 0 Å². The maximum absolute atomic E-state index is 12.1. The molecule has 0 atom stereocenters. The van der Waals surface area contributed by atoms with Crippen LogP contribution in [-0.4, -0.2) is 37.4 Å². The number of nitriles is 1. The van der Waals surface area contributed by atoms with Crippen molar-refractivity contribution in [3.8, 4) is 17.3 Å². The molecule has 9 nitrogen and oxygen atoms in total. The average molecular weight is 386 g/mol. The molecule has 1 aromatic carbocycles. The predicted molar refractivity (Wildman–Crippen MR) is 107 cm³/mol. The summed E-state index contributed by atoms with van der Waals surface area (Å²) < 4.78 is 1.75. The Labute approximate surface area is 165 Å². The van der Waals surface area contributed by atoms with E-state index in [0.717, 1.165) is 27.5 Å². The first kappa shape index (κ1) is 17.2. The zero-order chi connectivity index (χ0) is 20.0. The fourth-order valence-corrected chi connectivity index (χ4v) is 3.51. The Hall–Kier alpha value is -3.93. The number of nitrogens with two attached hydrogens (primary N) is 1. The normalized spacial score (nSPS) is 14.7. The van der Waals surface area contributed by atoms with Gasteiger partial charge in [-0.25, -0.2) is 4.98 Å². The minimum Gasteiger partial charge on any atom is -0.382 e. The Morgan fingerprint density at radius 2 is 2.21 bits per heavy atom. The average Bonchev–Trinajstić information content (AvgIpc) is 3.13. The monoisotopic (exact) mass is 386 g/mol. The number of fused-ring (bicyclic) bond motifs is 3. The number of nitrogens with zero attached hydrogens (tertiary/aromatic N) is 5. The van der Waals surface area contributed by atoms with Gasteiger partial charge < -0.3 is 11.1 Å². The molecule has 29 heavy (non-hydrogen) atoms. The molecule has 1 amide bonds. The maximum Gasteiger partial charge on any atom is 0.240 e. The third-order valence-corrected chi connectivity index (χ3v) is 5.35. The van der Waals surface area contributed by atoms with Gasteiger partial charge in [0.15, 0.2) is 5.82 Å². The van der Waals surface area contributed by atoms with Crippen LogP contribution >= 0.6 is 0 Å². The van der Waals surface area contributed by atoms with Crippen LogP contribution < -0.4 is 11.1 Å². The van der Waals surface area contributed by atoms with Gasteiger partial charge in [-0.3, -0.25) is 14.6 Å². The summed E-state index contributed by atoms with van der Waals surface area (Å²) >= 11 is 0. The smallest absolute Gasteiger partial charge is 0.240 e. The fourth-order valence-electron chi connectivity index (χ4n) is 3.51. The standard InChI is InChI=1S/C20H18N8O/c21-11-20(4-5-20)19(29)23-7-8-28-10-14-13-2-1-12(15-3-6-24-26-15)9-16(13)25-18(22)17(14)27-28/h1-3,6,9-10H,4-5,7-8H2,(H2,22,25)(H,23,29)(H,24,26). The molecule has 1 aliphatic carbocycles. The van der Waals surface area contributed by atoms with Crippen LogP contribution in [0.15, 0.2) is 36.7 Å². The summed E-state index contributed by atoms with van der Waals surface area (Å²) in [5, 5.41) is 25.3. The predicted octanol–water partition coefficient (Wildman–Crippen LogP) is 1.98. The Balaban J connectivity index is 1.42. The van der Waals surface area contributed by atoms with Gasteiger partial charge in [0.1, 0.15) is 10.9 Å². The minimum absolute atomic E-state index is 0.200. The van der Waals surface area contributed by atoms with Gasteiger partial charge in [0.2, 0.25) is 5.91 Å². The van der Waals surface area contributed by atoms with Gasteiger partial charge in [-0.15, -0.1) is 0 Å². The van der Waals surface area contributed by atoms with E-state index in [-0.39, 0.29) is 5.91 Å². The van der Waals surface area contributed by atoms with Crippen LogP contribution in [0.25, 0.3) is 33.1 Å². The van der Waals surface area contributed by atoms with Gasteiger partial charge in [-0.1, -0.05) is 12.1 Å². The van der Waals surface area contributed by atoms with Crippen molar-refractivity contribution >= 4 is 33.5 Å². The van der Waals surface area contributed by atoms with Crippen LogP contribution in [0.5, 0.6) is 0 Å². The molecule has 4 aromatic rings. The van der Waals surface area contributed by atoms with E-state index in [4.69, 9.17) is 11.0 Å². The highest BCUT2D eigenvalue weighted by Crippen LogP contribution is 2.44. The molecule has 0 saturated heterocycles. The molecule has 0 radical (unpaired) electrons. The fraction of sp³-hybridized carbons (Fsp3) is 0.250. The number of carbonyl (C=O) groups excluding carboxylic acids is 1. The lowest BCUT2D eigenvalue weighted by Gasteiger charge is -2.07. The first-order chi connectivity index (χ1) is 14.1. The van der Waals surface area contributed by atoms with Crippen molar-refractivity contribution in [2.75, 3.05) is 12.3 Å². The number of amides is 1. The summed E-state index contributed by atoms with van der Waals surface area (Å²) in [4.78, 5) is 16.6. The molecular formula is C20H18N8O. The summed E-state index contributed by atoms with van der Waals surface area (Å²) in [6.07, 6.45) is 4.95. The van der Waals surface area contributed by atoms with Crippen molar-refractivity contribution in [2.45, 2.75) is 19.4 Å². The summed E-state index contributed by atoms with van der Waals surface area (Å²) in [7, 11) is 0. The van der Waals surface area contributed by atoms with Crippen LogP contribution in [0.4, 0.5) is 5.82 Å². The van der Waals surface area contributed by atoms with Crippen LogP contribution in [0.3, 0.4) is 0 Å². The first-order valence-electron chi connectivity index (χ1n) is 9.36. The number of anilines is 1. The van der Waals surface area contributed by atoms with E-state index in [1.165, 1.54) is 0 Å². The van der Waals surface area contributed by atoms with Crippen LogP contribution in [-0.2, 0) is 11.3 Å². The molecule has 4 N–H and O–H groups in total. The van der Waals surface area contributed by atoms with Crippen molar-refractivity contribution in [3.05, 3.63) is 36.7 Å². The molecule has 9 heteroatoms. The van der Waals surface area contributed by atoms with E-state index < -0.39 is 5.41 Å². The van der Waals surface area contributed by atoms with Gasteiger partial charge >= 0.3 is 0 Å². The van der Waals surface area contributed by atoms with E-state index in [2.05, 4.69) is 31.7 Å². The molecule has 0 unspecified atom stereocenters. The number of H-pyrrole nitrogens is 1. The molecule has 1 saturated carbocycles. The minimum atomic E-state index is -0.814. The molecule has 0 aliphatic heterocycles. The summed E-state index contributed by atoms with van der Waals surface area (Å²) in [5.41, 5.74) is 8.53. The number of hydrogen-bond donors (Lipinski definition) is 3. The van der Waals surface area contributed by atoms with E-state index in [0.29, 0.717) is 37.3 Å². The Kier molecular flexibility index (Phi) is 3.74. The maximum atomic E-state index is 12.1. The van der Waals surface area contributed by atoms with E-state index in [1.54, 1.807) is 10.9 Å². The van der Waals surface area contributed by atoms with Gasteiger partial charge in [0.05, 0.1) is 23.8 Å². The number of aromatic nitrogens is 5. The Bertz CT molecular complexity index is 1280. The SMILES string of the molecule is N#CC1(C(=O)NCCn2cc3c(n2)c(N)nc2cc(-c4cc[nH]n4)ccc23)CC1. The summed E-state index contributed by atoms with van der Waals surface area (Å²) in [6, 6.07) is 9.93. The van der Waals surface area contributed by atoms with Gasteiger partial charge in [-0.2, -0.15) is 15.5 Å². The largest absolute Gasteiger partial charge is 0.382 e. The van der Waals surface area contributed by atoms with Crippen molar-refractivity contribution in [1.29, 1.82) is 5.26 Å². The molecular weight excluding hydrogens is 368 g/mol. The number of nitrogens with one attached hydrogen (secondary N) is 2. The van der Waals surface area contributed by atoms with Gasteiger partial charge in [-0.05, 0) is 25.0 Å². The van der Waals surface area contributed by atoms with Gasteiger partial charge in [0, 0.05) is 35.3 Å². The van der Waals surface area contributed by atoms with E-state index >= 15 is 0 Å². The lowest BCUT2D eigenvalue weighted by molar-refractivity contribution is -0.124.